The van der Waals surface area contributed by atoms with E-state index in [1.165, 1.54) is 0 Å². The lowest BCUT2D eigenvalue weighted by atomic mass is 10.1. The largest absolute Gasteiger partial charge is 0.337 e. The molecule has 0 spiro atoms. The lowest BCUT2D eigenvalue weighted by molar-refractivity contribution is -0.128. The number of rotatable bonds is 4. The summed E-state index contributed by atoms with van der Waals surface area (Å²) in [6.07, 6.45) is 0.239. The number of para-hydroxylation sites is 1. The molecule has 0 radical (unpaired) electrons. The summed E-state index contributed by atoms with van der Waals surface area (Å²) in [4.78, 5) is 26.2. The van der Waals surface area contributed by atoms with E-state index in [9.17, 15) is 9.59 Å². The molecule has 2 amide bonds. The number of anilines is 1. The first-order chi connectivity index (χ1) is 11.1. The second-order valence-electron chi connectivity index (χ2n) is 5.62. The molecule has 0 aromatic heterocycles. The minimum Gasteiger partial charge on any atom is -0.337 e. The van der Waals surface area contributed by atoms with Gasteiger partial charge in [0.25, 0.3) is 0 Å². The molecule has 0 saturated carbocycles. The van der Waals surface area contributed by atoms with Crippen LogP contribution in [0.3, 0.4) is 0 Å². The van der Waals surface area contributed by atoms with E-state index in [0.29, 0.717) is 18.1 Å². The summed E-state index contributed by atoms with van der Waals surface area (Å²) in [6.45, 7) is 0.857. The zero-order valence-corrected chi connectivity index (χ0v) is 13.3. The highest BCUT2D eigenvalue weighted by molar-refractivity contribution is 6.31. The number of nitrogens with one attached hydrogen (secondary N) is 1. The number of nitrogens with zero attached hydrogens (tertiary/aromatic N) is 1. The Balaban J connectivity index is 1.63. The van der Waals surface area contributed by atoms with Crippen molar-refractivity contribution in [3.8, 4) is 0 Å². The number of hydrogen-bond donors (Lipinski definition) is 1. The molecule has 0 bridgehead atoms. The third-order valence-electron chi connectivity index (χ3n) is 3.95. The van der Waals surface area contributed by atoms with Gasteiger partial charge in [-0.05, 0) is 23.8 Å². The van der Waals surface area contributed by atoms with Crippen LogP contribution in [0, 0.1) is 5.92 Å². The molecule has 2 aromatic rings. The number of benzene rings is 2. The van der Waals surface area contributed by atoms with E-state index in [2.05, 4.69) is 5.32 Å². The Morgan fingerprint density at radius 1 is 1.13 bits per heavy atom. The molecule has 5 heteroatoms. The third-order valence-corrected chi connectivity index (χ3v) is 4.31. The SMILES string of the molecule is O=C(Nc1ccccc1)[C@H]1CC(=O)N(Cc2ccccc2Cl)C1. The van der Waals surface area contributed by atoms with Crippen LogP contribution in [0.2, 0.25) is 5.02 Å². The quantitative estimate of drug-likeness (QED) is 0.936. The van der Waals surface area contributed by atoms with Crippen LogP contribution < -0.4 is 5.32 Å². The van der Waals surface area contributed by atoms with Crippen LogP contribution in [0.15, 0.2) is 54.6 Å². The maximum atomic E-state index is 12.3. The molecule has 1 aliphatic heterocycles. The zero-order chi connectivity index (χ0) is 16.2. The Morgan fingerprint density at radius 3 is 2.57 bits per heavy atom. The highest BCUT2D eigenvalue weighted by Crippen LogP contribution is 2.24. The standard InChI is InChI=1S/C18H17ClN2O2/c19-16-9-5-4-6-13(16)11-21-12-14(10-17(21)22)18(23)20-15-7-2-1-3-8-15/h1-9,14H,10-12H2,(H,20,23)/t14-/m0/s1. The summed E-state index contributed by atoms with van der Waals surface area (Å²) in [5.41, 5.74) is 1.64. The summed E-state index contributed by atoms with van der Waals surface area (Å²) in [6, 6.07) is 16.7. The van der Waals surface area contributed by atoms with Crippen molar-refractivity contribution in [1.29, 1.82) is 0 Å². The first-order valence-electron chi connectivity index (χ1n) is 7.50. The Morgan fingerprint density at radius 2 is 1.83 bits per heavy atom. The molecule has 1 heterocycles. The molecule has 3 rings (SSSR count). The molecule has 1 aliphatic rings. The van der Waals surface area contributed by atoms with Crippen LogP contribution in [-0.4, -0.2) is 23.3 Å². The van der Waals surface area contributed by atoms with Crippen molar-refractivity contribution in [3.05, 3.63) is 65.2 Å². The number of likely N-dealkylation sites (tertiary alicyclic amines) is 1. The Labute approximate surface area is 140 Å². The predicted molar refractivity (Wildman–Crippen MR) is 90.0 cm³/mol. The van der Waals surface area contributed by atoms with Crippen LogP contribution in [-0.2, 0) is 16.1 Å². The molecule has 4 nitrogen and oxygen atoms in total. The van der Waals surface area contributed by atoms with Gasteiger partial charge in [0.15, 0.2) is 0 Å². The van der Waals surface area contributed by atoms with E-state index in [-0.39, 0.29) is 24.2 Å². The Bertz CT molecular complexity index is 718. The van der Waals surface area contributed by atoms with Crippen molar-refractivity contribution >= 4 is 29.1 Å². The van der Waals surface area contributed by atoms with Crippen LogP contribution in [0.5, 0.6) is 0 Å². The molecular weight excluding hydrogens is 312 g/mol. The fraction of sp³-hybridized carbons (Fsp3) is 0.222. The maximum absolute atomic E-state index is 12.3. The lowest BCUT2D eigenvalue weighted by Crippen LogP contribution is -2.28. The van der Waals surface area contributed by atoms with Crippen molar-refractivity contribution in [2.45, 2.75) is 13.0 Å². The minimum absolute atomic E-state index is 0.0156. The van der Waals surface area contributed by atoms with Crippen molar-refractivity contribution in [2.24, 2.45) is 5.92 Å². The van der Waals surface area contributed by atoms with Gasteiger partial charge in [0.2, 0.25) is 11.8 Å². The molecule has 118 valence electrons. The molecule has 1 N–H and O–H groups in total. The average Bonchev–Trinajstić information content (AvgIpc) is 2.92. The van der Waals surface area contributed by atoms with Crippen LogP contribution in [0.1, 0.15) is 12.0 Å². The summed E-state index contributed by atoms with van der Waals surface area (Å²) in [5, 5.41) is 3.49. The zero-order valence-electron chi connectivity index (χ0n) is 12.5. The topological polar surface area (TPSA) is 49.4 Å². The summed E-state index contributed by atoms with van der Waals surface area (Å²) in [7, 11) is 0. The van der Waals surface area contributed by atoms with Crippen LogP contribution in [0.4, 0.5) is 5.69 Å². The summed E-state index contributed by atoms with van der Waals surface area (Å²) in [5.74, 6) is -0.463. The van der Waals surface area contributed by atoms with Gasteiger partial charge in [0.1, 0.15) is 0 Å². The molecular formula is C18H17ClN2O2. The van der Waals surface area contributed by atoms with Gasteiger partial charge in [-0.15, -0.1) is 0 Å². The highest BCUT2D eigenvalue weighted by atomic mass is 35.5. The van der Waals surface area contributed by atoms with E-state index in [1.807, 2.05) is 48.5 Å². The Kier molecular flexibility index (Phi) is 4.63. The number of hydrogen-bond acceptors (Lipinski definition) is 2. The molecule has 0 unspecified atom stereocenters. The van der Waals surface area contributed by atoms with E-state index in [4.69, 9.17) is 11.6 Å². The smallest absolute Gasteiger partial charge is 0.229 e. The first kappa shape index (κ1) is 15.6. The predicted octanol–water partition coefficient (Wildman–Crippen LogP) is 3.33. The van der Waals surface area contributed by atoms with Gasteiger partial charge >= 0.3 is 0 Å². The highest BCUT2D eigenvalue weighted by Gasteiger charge is 2.34. The Hall–Kier alpha value is -2.33. The first-order valence-corrected chi connectivity index (χ1v) is 7.88. The van der Waals surface area contributed by atoms with Gasteiger partial charge in [0, 0.05) is 30.2 Å². The monoisotopic (exact) mass is 328 g/mol. The lowest BCUT2D eigenvalue weighted by Gasteiger charge is -2.17. The van der Waals surface area contributed by atoms with Gasteiger partial charge in [0.05, 0.1) is 5.92 Å². The van der Waals surface area contributed by atoms with E-state index >= 15 is 0 Å². The van der Waals surface area contributed by atoms with Crippen molar-refractivity contribution < 1.29 is 9.59 Å². The summed E-state index contributed by atoms with van der Waals surface area (Å²) < 4.78 is 0. The molecule has 1 atom stereocenters. The number of carbonyl (C=O) groups is 2. The van der Waals surface area contributed by atoms with Gasteiger partial charge in [-0.2, -0.15) is 0 Å². The normalized spacial score (nSPS) is 17.3. The number of halogens is 1. The van der Waals surface area contributed by atoms with Gasteiger partial charge < -0.3 is 10.2 Å². The fourth-order valence-electron chi connectivity index (χ4n) is 2.70. The van der Waals surface area contributed by atoms with Gasteiger partial charge in [-0.25, -0.2) is 0 Å². The molecule has 1 fully saturated rings. The second-order valence-corrected chi connectivity index (χ2v) is 6.03. The number of carbonyl (C=O) groups excluding carboxylic acids is 2. The van der Waals surface area contributed by atoms with Gasteiger partial charge in [-0.3, -0.25) is 9.59 Å². The molecule has 1 saturated heterocycles. The van der Waals surface area contributed by atoms with Gasteiger partial charge in [-0.1, -0.05) is 48.0 Å². The van der Waals surface area contributed by atoms with Crippen LogP contribution in [0.25, 0.3) is 0 Å². The molecule has 23 heavy (non-hydrogen) atoms. The van der Waals surface area contributed by atoms with Crippen molar-refractivity contribution in [1.82, 2.24) is 4.90 Å². The summed E-state index contributed by atoms with van der Waals surface area (Å²) >= 11 is 6.14. The van der Waals surface area contributed by atoms with Crippen molar-refractivity contribution in [2.75, 3.05) is 11.9 Å². The minimum atomic E-state index is -0.329. The fourth-order valence-corrected chi connectivity index (χ4v) is 2.89. The maximum Gasteiger partial charge on any atom is 0.229 e. The van der Waals surface area contributed by atoms with E-state index in [1.54, 1.807) is 11.0 Å². The second kappa shape index (κ2) is 6.84. The molecule has 0 aliphatic carbocycles. The average molecular weight is 329 g/mol. The third kappa shape index (κ3) is 3.71. The van der Waals surface area contributed by atoms with Crippen molar-refractivity contribution in [3.63, 3.8) is 0 Å². The number of amides is 2. The van der Waals surface area contributed by atoms with E-state index in [0.717, 1.165) is 11.3 Å². The van der Waals surface area contributed by atoms with Crippen LogP contribution >= 0.6 is 11.6 Å². The molecule has 2 aromatic carbocycles. The van der Waals surface area contributed by atoms with E-state index < -0.39 is 0 Å².